The van der Waals surface area contributed by atoms with E-state index in [9.17, 15) is 0 Å². The van der Waals surface area contributed by atoms with Crippen molar-refractivity contribution in [1.29, 1.82) is 0 Å². The minimum Gasteiger partial charge on any atom is -0.444 e. The maximum absolute atomic E-state index is 6.03. The van der Waals surface area contributed by atoms with Gasteiger partial charge in [0.25, 0.3) is 0 Å². The van der Waals surface area contributed by atoms with Gasteiger partial charge in [-0.15, -0.1) is 0 Å². The second kappa shape index (κ2) is 6.42. The lowest BCUT2D eigenvalue weighted by Crippen LogP contribution is -2.22. The van der Waals surface area contributed by atoms with E-state index >= 15 is 0 Å². The number of halogens is 1. The summed E-state index contributed by atoms with van der Waals surface area (Å²) in [6, 6.07) is 9.80. The van der Waals surface area contributed by atoms with Crippen molar-refractivity contribution in [2.45, 2.75) is 32.4 Å². The average Bonchev–Trinajstić information content (AvgIpc) is 3.28. The topological polar surface area (TPSA) is 55.3 Å². The number of aryl methyl sites for hydroxylation is 1. The Morgan fingerprint density at radius 1 is 1.33 bits per heavy atom. The molecule has 6 heteroatoms. The highest BCUT2D eigenvalue weighted by atomic mass is 35.5. The largest absolute Gasteiger partial charge is 0.444 e. The summed E-state index contributed by atoms with van der Waals surface area (Å²) in [4.78, 5) is 6.97. The lowest BCUT2D eigenvalue weighted by molar-refractivity contribution is 0.204. The molecule has 1 saturated heterocycles. The molecule has 24 heavy (non-hydrogen) atoms. The van der Waals surface area contributed by atoms with Crippen LogP contribution in [0.1, 0.15) is 36.0 Å². The second-order valence-electron chi connectivity index (χ2n) is 6.15. The molecular weight excluding hydrogens is 326 g/mol. The number of benzene rings is 1. The Balaban J connectivity index is 1.51. The van der Waals surface area contributed by atoms with Gasteiger partial charge in [-0.25, -0.2) is 4.98 Å². The van der Waals surface area contributed by atoms with Gasteiger partial charge < -0.3 is 8.94 Å². The zero-order chi connectivity index (χ0) is 16.5. The van der Waals surface area contributed by atoms with Crippen LogP contribution in [0, 0.1) is 6.92 Å². The molecule has 1 atom stereocenters. The Morgan fingerprint density at radius 3 is 3.04 bits per heavy atom. The molecule has 1 aliphatic heterocycles. The normalized spacial score (nSPS) is 18.3. The predicted octanol–water partition coefficient (Wildman–Crippen LogP) is 4.63. The molecule has 124 valence electrons. The van der Waals surface area contributed by atoms with Gasteiger partial charge in [-0.1, -0.05) is 22.8 Å². The highest BCUT2D eigenvalue weighted by molar-refractivity contribution is 6.30. The number of likely N-dealkylation sites (tertiary alicyclic amines) is 1. The van der Waals surface area contributed by atoms with Gasteiger partial charge in [-0.3, -0.25) is 4.90 Å². The molecule has 0 amide bonds. The van der Waals surface area contributed by atoms with Crippen LogP contribution >= 0.6 is 11.6 Å². The molecule has 4 rings (SSSR count). The molecule has 0 spiro atoms. The highest BCUT2D eigenvalue weighted by Gasteiger charge is 2.29. The molecule has 0 bridgehead atoms. The van der Waals surface area contributed by atoms with Crippen LogP contribution in [0.2, 0.25) is 5.02 Å². The van der Waals surface area contributed by atoms with E-state index in [1.807, 2.05) is 37.3 Å². The fraction of sp³-hybridized carbons (Fsp3) is 0.333. The second-order valence-corrected chi connectivity index (χ2v) is 6.59. The van der Waals surface area contributed by atoms with E-state index in [-0.39, 0.29) is 6.04 Å². The van der Waals surface area contributed by atoms with Crippen LogP contribution in [0.25, 0.3) is 11.5 Å². The van der Waals surface area contributed by atoms with Crippen molar-refractivity contribution in [3.63, 3.8) is 0 Å². The monoisotopic (exact) mass is 343 g/mol. The third-order valence-corrected chi connectivity index (χ3v) is 4.56. The number of rotatable bonds is 4. The fourth-order valence-corrected chi connectivity index (χ4v) is 3.41. The van der Waals surface area contributed by atoms with Crippen molar-refractivity contribution in [1.82, 2.24) is 15.0 Å². The van der Waals surface area contributed by atoms with Crippen molar-refractivity contribution in [3.05, 3.63) is 58.8 Å². The summed E-state index contributed by atoms with van der Waals surface area (Å²) in [5, 5.41) is 4.68. The molecular formula is C18H18ClN3O2. The molecule has 0 radical (unpaired) electrons. The quantitative estimate of drug-likeness (QED) is 0.691. The van der Waals surface area contributed by atoms with Gasteiger partial charge in [-0.05, 0) is 44.5 Å². The first-order valence-corrected chi connectivity index (χ1v) is 8.44. The summed E-state index contributed by atoms with van der Waals surface area (Å²) in [5.41, 5.74) is 2.72. The number of aromatic nitrogens is 2. The van der Waals surface area contributed by atoms with E-state index in [2.05, 4.69) is 15.0 Å². The van der Waals surface area contributed by atoms with Gasteiger partial charge in [0.05, 0.1) is 17.4 Å². The standard InChI is InChI=1S/C18H18ClN3O2/c1-12-8-17(24-21-12)16-6-3-7-22(16)10-15-11-23-18(20-15)13-4-2-5-14(19)9-13/h2,4-5,8-9,11,16H,3,6-7,10H2,1H3. The Labute approximate surface area is 145 Å². The lowest BCUT2D eigenvalue weighted by Gasteiger charge is -2.20. The van der Waals surface area contributed by atoms with Crippen molar-refractivity contribution >= 4 is 11.6 Å². The summed E-state index contributed by atoms with van der Waals surface area (Å²) in [5.74, 6) is 1.53. The summed E-state index contributed by atoms with van der Waals surface area (Å²) < 4.78 is 11.1. The van der Waals surface area contributed by atoms with Gasteiger partial charge in [0, 0.05) is 23.2 Å². The van der Waals surface area contributed by atoms with E-state index in [0.29, 0.717) is 10.9 Å². The first-order chi connectivity index (χ1) is 11.7. The number of oxazole rings is 1. The van der Waals surface area contributed by atoms with Gasteiger partial charge >= 0.3 is 0 Å². The zero-order valence-electron chi connectivity index (χ0n) is 13.4. The Kier molecular flexibility index (Phi) is 4.12. The first-order valence-electron chi connectivity index (χ1n) is 8.06. The zero-order valence-corrected chi connectivity index (χ0v) is 14.2. The number of nitrogens with zero attached hydrogens (tertiary/aromatic N) is 3. The van der Waals surface area contributed by atoms with Crippen LogP contribution in [-0.4, -0.2) is 21.6 Å². The number of hydrogen-bond acceptors (Lipinski definition) is 5. The fourth-order valence-electron chi connectivity index (χ4n) is 3.22. The van der Waals surface area contributed by atoms with Gasteiger partial charge in [0.15, 0.2) is 5.76 Å². The first kappa shape index (κ1) is 15.4. The van der Waals surface area contributed by atoms with Crippen molar-refractivity contribution in [2.75, 3.05) is 6.54 Å². The molecule has 3 heterocycles. The molecule has 1 aliphatic rings. The third kappa shape index (κ3) is 3.09. The van der Waals surface area contributed by atoms with E-state index in [1.165, 1.54) is 0 Å². The molecule has 3 aromatic rings. The molecule has 1 unspecified atom stereocenters. The Morgan fingerprint density at radius 2 is 2.25 bits per heavy atom. The summed E-state index contributed by atoms with van der Waals surface area (Å²) in [6.07, 6.45) is 3.94. The van der Waals surface area contributed by atoms with Crippen LogP contribution in [-0.2, 0) is 6.54 Å². The van der Waals surface area contributed by atoms with E-state index in [4.69, 9.17) is 20.5 Å². The molecule has 0 saturated carbocycles. The van der Waals surface area contributed by atoms with Crippen LogP contribution < -0.4 is 0 Å². The van der Waals surface area contributed by atoms with Crippen molar-refractivity contribution in [3.8, 4) is 11.5 Å². The van der Waals surface area contributed by atoms with Gasteiger partial charge in [0.1, 0.15) is 6.26 Å². The SMILES string of the molecule is Cc1cc(C2CCCN2Cc2coc(-c3cccc(Cl)c3)n2)on1. The van der Waals surface area contributed by atoms with Crippen LogP contribution in [0.4, 0.5) is 0 Å². The molecule has 0 aliphatic carbocycles. The maximum Gasteiger partial charge on any atom is 0.226 e. The average molecular weight is 344 g/mol. The third-order valence-electron chi connectivity index (χ3n) is 4.33. The predicted molar refractivity (Wildman–Crippen MR) is 90.6 cm³/mol. The van der Waals surface area contributed by atoms with E-state index in [1.54, 1.807) is 6.26 Å². The molecule has 0 N–H and O–H groups in total. The Hall–Kier alpha value is -2.11. The smallest absolute Gasteiger partial charge is 0.226 e. The minimum atomic E-state index is 0.262. The molecule has 2 aromatic heterocycles. The molecule has 1 fully saturated rings. The minimum absolute atomic E-state index is 0.262. The van der Waals surface area contributed by atoms with Gasteiger partial charge in [0.2, 0.25) is 5.89 Å². The molecule has 1 aromatic carbocycles. The maximum atomic E-state index is 6.03. The van der Waals surface area contributed by atoms with Gasteiger partial charge in [-0.2, -0.15) is 0 Å². The lowest BCUT2D eigenvalue weighted by atomic mass is 10.1. The van der Waals surface area contributed by atoms with Crippen molar-refractivity contribution in [2.24, 2.45) is 0 Å². The summed E-state index contributed by atoms with van der Waals surface area (Å²) >= 11 is 6.03. The van der Waals surface area contributed by atoms with E-state index in [0.717, 1.165) is 48.6 Å². The van der Waals surface area contributed by atoms with Crippen LogP contribution in [0.5, 0.6) is 0 Å². The van der Waals surface area contributed by atoms with Crippen LogP contribution in [0.3, 0.4) is 0 Å². The van der Waals surface area contributed by atoms with Crippen LogP contribution in [0.15, 0.2) is 45.5 Å². The summed E-state index contributed by atoms with van der Waals surface area (Å²) in [6.45, 7) is 3.69. The highest BCUT2D eigenvalue weighted by Crippen LogP contribution is 2.33. The van der Waals surface area contributed by atoms with Crippen molar-refractivity contribution < 1.29 is 8.94 Å². The van der Waals surface area contributed by atoms with E-state index < -0.39 is 0 Å². The summed E-state index contributed by atoms with van der Waals surface area (Å²) in [7, 11) is 0. The number of hydrogen-bond donors (Lipinski definition) is 0. The molecule has 5 nitrogen and oxygen atoms in total. The Bertz CT molecular complexity index is 842.